The lowest BCUT2D eigenvalue weighted by Gasteiger charge is -2.39. The number of amides is 1. The molecule has 12 heteroatoms. The van der Waals surface area contributed by atoms with Crippen LogP contribution < -0.4 is 10.0 Å². The van der Waals surface area contributed by atoms with Crippen LogP contribution >= 0.6 is 0 Å². The molecule has 1 aliphatic heterocycles. The number of hydrogen-bond donors (Lipinski definition) is 6. The summed E-state index contributed by atoms with van der Waals surface area (Å²) in [5.74, 6) is -2.86. The van der Waals surface area contributed by atoms with E-state index in [0.717, 1.165) is 18.6 Å². The molecular formula is C21H30N2O9S. The Labute approximate surface area is 192 Å². The summed E-state index contributed by atoms with van der Waals surface area (Å²) in [4.78, 5) is 23.2. The summed E-state index contributed by atoms with van der Waals surface area (Å²) in [6, 6.07) is 3.47. The molecule has 0 fully saturated rings. The van der Waals surface area contributed by atoms with Crippen molar-refractivity contribution in [2.75, 3.05) is 6.61 Å². The molecule has 5 atom stereocenters. The molecule has 1 aliphatic rings. The maximum absolute atomic E-state index is 13.0. The molecule has 2 rings (SSSR count). The monoisotopic (exact) mass is 486 g/mol. The van der Waals surface area contributed by atoms with Gasteiger partial charge in [-0.2, -0.15) is 0 Å². The van der Waals surface area contributed by atoms with Gasteiger partial charge in [-0.25, -0.2) is 17.9 Å². The quantitative estimate of drug-likeness (QED) is 0.274. The number of benzene rings is 1. The number of carbonyl (C=O) groups excluding carboxylic acids is 1. The van der Waals surface area contributed by atoms with E-state index in [9.17, 15) is 33.3 Å². The molecule has 33 heavy (non-hydrogen) atoms. The maximum atomic E-state index is 13.0. The summed E-state index contributed by atoms with van der Waals surface area (Å²) in [6.45, 7) is 6.17. The SMILES string of the molecule is CC(=O)N[C@H]1[C@H]([C@H](O)[C@H](O)CO)OC(C(=O)O)=C[C@@H]1NS(=O)(=O)c1ccc(C(C)(C)C)cc1. The molecular weight excluding hydrogens is 456 g/mol. The number of aliphatic hydroxyl groups is 3. The number of carboxylic acids is 1. The van der Waals surface area contributed by atoms with Gasteiger partial charge in [0.05, 0.1) is 23.6 Å². The molecule has 6 N–H and O–H groups in total. The Balaban J connectivity index is 2.47. The fourth-order valence-corrected chi connectivity index (χ4v) is 4.56. The van der Waals surface area contributed by atoms with Crippen LogP contribution in [0.3, 0.4) is 0 Å². The van der Waals surface area contributed by atoms with Crippen molar-refractivity contribution >= 4 is 21.9 Å². The second-order valence-electron chi connectivity index (χ2n) is 8.81. The zero-order valence-electron chi connectivity index (χ0n) is 18.7. The number of rotatable bonds is 8. The molecule has 1 amide bonds. The van der Waals surface area contributed by atoms with Crippen molar-refractivity contribution in [2.24, 2.45) is 0 Å². The first kappa shape index (κ1) is 26.7. The van der Waals surface area contributed by atoms with Crippen molar-refractivity contribution in [1.29, 1.82) is 0 Å². The lowest BCUT2D eigenvalue weighted by atomic mass is 9.87. The standard InChI is InChI=1S/C21H30N2O9S/c1-11(25)22-17-14(9-16(20(28)29)32-19(17)18(27)15(26)10-24)23-33(30,31)13-7-5-12(6-8-13)21(2,3)4/h5-9,14-15,17-19,23-24,26-27H,10H2,1-4H3,(H,22,25)(H,28,29)/t14-,15+,17+,18+,19+/m0/s1. The van der Waals surface area contributed by atoms with Crippen LogP contribution in [0.2, 0.25) is 0 Å². The molecule has 1 aromatic rings. The average molecular weight is 487 g/mol. The second-order valence-corrected chi connectivity index (χ2v) is 10.5. The summed E-state index contributed by atoms with van der Waals surface area (Å²) >= 11 is 0. The van der Waals surface area contributed by atoms with Crippen LogP contribution in [0.15, 0.2) is 41.0 Å². The molecule has 0 bridgehead atoms. The predicted octanol–water partition coefficient (Wildman–Crippen LogP) is -0.783. The van der Waals surface area contributed by atoms with E-state index in [4.69, 9.17) is 9.84 Å². The molecule has 1 heterocycles. The molecule has 184 valence electrons. The maximum Gasteiger partial charge on any atom is 0.370 e. The smallest absolute Gasteiger partial charge is 0.370 e. The third kappa shape index (κ3) is 6.51. The van der Waals surface area contributed by atoms with Crippen LogP contribution in [-0.4, -0.2) is 77.7 Å². The van der Waals surface area contributed by atoms with E-state index in [1.54, 1.807) is 12.1 Å². The first-order chi connectivity index (χ1) is 15.2. The molecule has 0 unspecified atom stereocenters. The Morgan fingerprint density at radius 3 is 2.18 bits per heavy atom. The third-order valence-corrected chi connectivity index (χ3v) is 6.63. The number of sulfonamides is 1. The zero-order valence-corrected chi connectivity index (χ0v) is 19.5. The molecule has 0 saturated carbocycles. The fourth-order valence-electron chi connectivity index (χ4n) is 3.36. The second kappa shape index (κ2) is 10.2. The van der Waals surface area contributed by atoms with Crippen molar-refractivity contribution in [3.8, 4) is 0 Å². The minimum absolute atomic E-state index is 0.0960. The number of hydrogen-bond acceptors (Lipinski definition) is 8. The van der Waals surface area contributed by atoms with Crippen molar-refractivity contribution < 1.29 is 43.2 Å². The number of ether oxygens (including phenoxy) is 1. The van der Waals surface area contributed by atoms with E-state index >= 15 is 0 Å². The van der Waals surface area contributed by atoms with Crippen LogP contribution in [0.1, 0.15) is 33.3 Å². The van der Waals surface area contributed by atoms with Gasteiger partial charge >= 0.3 is 5.97 Å². The van der Waals surface area contributed by atoms with Gasteiger partial charge in [-0.15, -0.1) is 0 Å². The molecule has 0 radical (unpaired) electrons. The molecule has 0 aliphatic carbocycles. The number of aliphatic hydroxyl groups excluding tert-OH is 3. The predicted molar refractivity (Wildman–Crippen MR) is 117 cm³/mol. The average Bonchev–Trinajstić information content (AvgIpc) is 2.72. The van der Waals surface area contributed by atoms with Crippen LogP contribution in [-0.2, 0) is 29.8 Å². The minimum atomic E-state index is -4.20. The lowest BCUT2D eigenvalue weighted by molar-refractivity contribution is -0.146. The summed E-state index contributed by atoms with van der Waals surface area (Å²) in [5.41, 5.74) is 0.695. The largest absolute Gasteiger partial charge is 0.478 e. The van der Waals surface area contributed by atoms with E-state index in [1.165, 1.54) is 12.1 Å². The highest BCUT2D eigenvalue weighted by Gasteiger charge is 2.44. The van der Waals surface area contributed by atoms with Crippen LogP contribution in [0, 0.1) is 0 Å². The van der Waals surface area contributed by atoms with E-state index < -0.39 is 64.7 Å². The van der Waals surface area contributed by atoms with Gasteiger partial charge in [-0.05, 0) is 29.2 Å². The van der Waals surface area contributed by atoms with Gasteiger partial charge in [-0.3, -0.25) is 4.79 Å². The lowest BCUT2D eigenvalue weighted by Crippen LogP contribution is -2.63. The van der Waals surface area contributed by atoms with Crippen molar-refractivity contribution in [2.45, 2.75) is 68.4 Å². The zero-order chi connectivity index (χ0) is 25.1. The van der Waals surface area contributed by atoms with E-state index in [-0.39, 0.29) is 10.3 Å². The van der Waals surface area contributed by atoms with Crippen LogP contribution in [0.4, 0.5) is 0 Å². The summed E-state index contributed by atoms with van der Waals surface area (Å²) in [7, 11) is -4.20. The number of carbonyl (C=O) groups is 2. The Morgan fingerprint density at radius 2 is 1.73 bits per heavy atom. The topological polar surface area (TPSA) is 182 Å². The van der Waals surface area contributed by atoms with E-state index in [0.29, 0.717) is 0 Å². The normalized spacial score (nSPS) is 23.1. The molecule has 0 saturated heterocycles. The highest BCUT2D eigenvalue weighted by molar-refractivity contribution is 7.89. The Hall–Kier alpha value is -2.51. The molecule has 1 aromatic carbocycles. The summed E-state index contributed by atoms with van der Waals surface area (Å²) in [5, 5.41) is 41.2. The Morgan fingerprint density at radius 1 is 1.15 bits per heavy atom. The van der Waals surface area contributed by atoms with Crippen LogP contribution in [0.25, 0.3) is 0 Å². The first-order valence-corrected chi connectivity index (χ1v) is 11.6. The van der Waals surface area contributed by atoms with Crippen molar-refractivity contribution in [3.05, 3.63) is 41.7 Å². The molecule has 11 nitrogen and oxygen atoms in total. The number of carboxylic acid groups (broad SMARTS) is 1. The van der Waals surface area contributed by atoms with Gasteiger partial charge < -0.3 is 30.5 Å². The van der Waals surface area contributed by atoms with Gasteiger partial charge in [0.25, 0.3) is 0 Å². The van der Waals surface area contributed by atoms with E-state index in [1.807, 2.05) is 20.8 Å². The Kier molecular flexibility index (Phi) is 8.25. The minimum Gasteiger partial charge on any atom is -0.478 e. The van der Waals surface area contributed by atoms with Gasteiger partial charge in [0.1, 0.15) is 18.3 Å². The van der Waals surface area contributed by atoms with Crippen molar-refractivity contribution in [1.82, 2.24) is 10.0 Å². The van der Waals surface area contributed by atoms with Gasteiger partial charge in [0, 0.05) is 6.92 Å². The van der Waals surface area contributed by atoms with Gasteiger partial charge in [0.2, 0.25) is 21.7 Å². The third-order valence-electron chi connectivity index (χ3n) is 5.16. The number of aliphatic carboxylic acids is 1. The summed E-state index contributed by atoms with van der Waals surface area (Å²) in [6.07, 6.45) is -4.20. The van der Waals surface area contributed by atoms with Crippen LogP contribution in [0.5, 0.6) is 0 Å². The molecule has 0 spiro atoms. The summed E-state index contributed by atoms with van der Waals surface area (Å²) < 4.78 is 33.7. The molecule has 0 aromatic heterocycles. The van der Waals surface area contributed by atoms with Crippen molar-refractivity contribution in [3.63, 3.8) is 0 Å². The fraction of sp³-hybridized carbons (Fsp3) is 0.524. The highest BCUT2D eigenvalue weighted by Crippen LogP contribution is 2.26. The number of nitrogens with one attached hydrogen (secondary N) is 2. The van der Waals surface area contributed by atoms with Gasteiger partial charge in [-0.1, -0.05) is 32.9 Å². The highest BCUT2D eigenvalue weighted by atomic mass is 32.2. The van der Waals surface area contributed by atoms with E-state index in [2.05, 4.69) is 10.0 Å². The first-order valence-electron chi connectivity index (χ1n) is 10.2. The van der Waals surface area contributed by atoms with Gasteiger partial charge in [0.15, 0.2) is 0 Å². The Bertz CT molecular complexity index is 1000.